The van der Waals surface area contributed by atoms with E-state index in [1.165, 1.54) is 0 Å². The van der Waals surface area contributed by atoms with Crippen molar-refractivity contribution in [3.63, 3.8) is 0 Å². The molecular formula is C19H29N8O2+. The Morgan fingerprint density at radius 2 is 2.24 bits per heavy atom. The molecule has 1 aliphatic heterocycles. The zero-order valence-corrected chi connectivity index (χ0v) is 17.1. The maximum Gasteiger partial charge on any atom is 0.274 e. The van der Waals surface area contributed by atoms with E-state index in [0.717, 1.165) is 11.4 Å². The fourth-order valence-electron chi connectivity index (χ4n) is 3.26. The molecule has 2 amide bonds. The van der Waals surface area contributed by atoms with Gasteiger partial charge in [-0.15, -0.1) is 0 Å². The number of amides is 2. The molecule has 1 aliphatic rings. The number of quaternary nitrogens is 1. The number of rotatable bonds is 7. The van der Waals surface area contributed by atoms with E-state index in [0.29, 0.717) is 37.4 Å². The van der Waals surface area contributed by atoms with Gasteiger partial charge in [-0.05, 0) is 24.5 Å². The number of nitrogens with zero attached hydrogens (tertiary/aromatic N) is 4. The first kappa shape index (κ1) is 20.7. The first-order valence-corrected chi connectivity index (χ1v) is 9.83. The maximum absolute atomic E-state index is 12.7. The average molecular weight is 401 g/mol. The van der Waals surface area contributed by atoms with Gasteiger partial charge in [0.2, 0.25) is 0 Å². The lowest BCUT2D eigenvalue weighted by Gasteiger charge is -2.15. The number of aromatic amines is 1. The lowest BCUT2D eigenvalue weighted by atomic mass is 10.1. The molecule has 10 nitrogen and oxygen atoms in total. The van der Waals surface area contributed by atoms with Crippen LogP contribution in [0.2, 0.25) is 0 Å². The van der Waals surface area contributed by atoms with Crippen LogP contribution >= 0.6 is 0 Å². The van der Waals surface area contributed by atoms with Gasteiger partial charge in [-0.1, -0.05) is 13.8 Å². The summed E-state index contributed by atoms with van der Waals surface area (Å²) in [7, 11) is 1.90. The van der Waals surface area contributed by atoms with Crippen molar-refractivity contribution in [1.82, 2.24) is 30.2 Å². The van der Waals surface area contributed by atoms with Crippen LogP contribution in [0.5, 0.6) is 0 Å². The molecule has 0 bridgehead atoms. The standard InChI is InChI=1S/C19H28N8O2/c1-12(2)16-8-17(24-23-16)19(29)26-6-4-13(11-26)22-18(28)15-5-7-27(25-15)14(9-20)10-21-3/h5,7-8,10,12-13,21H,4,6,9,11,20H2,1-3H3,(H,22,28)(H,23,24)/p+1/b14-10+. The highest BCUT2D eigenvalue weighted by molar-refractivity contribution is 5.94. The molecule has 3 heterocycles. The molecule has 0 aromatic carbocycles. The van der Waals surface area contributed by atoms with E-state index >= 15 is 0 Å². The second-order valence-corrected chi connectivity index (χ2v) is 7.41. The lowest BCUT2D eigenvalue weighted by Crippen LogP contribution is -2.73. The quantitative estimate of drug-likeness (QED) is 0.487. The van der Waals surface area contributed by atoms with Crippen molar-refractivity contribution in [2.24, 2.45) is 5.73 Å². The molecular weight excluding hydrogens is 372 g/mol. The maximum atomic E-state index is 12.7. The predicted octanol–water partition coefficient (Wildman–Crippen LogP) is -0.676. The molecule has 1 atom stereocenters. The number of carbonyl (C=O) groups is 2. The molecule has 1 fully saturated rings. The average Bonchev–Trinajstić information content (AvgIpc) is 3.45. The number of likely N-dealkylation sites (tertiary alicyclic amines) is 1. The van der Waals surface area contributed by atoms with Crippen molar-refractivity contribution in [3.05, 3.63) is 41.6 Å². The lowest BCUT2D eigenvalue weighted by molar-refractivity contribution is -0.555. The fourth-order valence-corrected chi connectivity index (χ4v) is 3.26. The van der Waals surface area contributed by atoms with Crippen LogP contribution in [0.3, 0.4) is 0 Å². The summed E-state index contributed by atoms with van der Waals surface area (Å²) < 4.78 is 1.60. The van der Waals surface area contributed by atoms with Crippen molar-refractivity contribution in [1.29, 1.82) is 0 Å². The van der Waals surface area contributed by atoms with E-state index in [1.54, 1.807) is 27.9 Å². The Balaban J connectivity index is 1.58. The summed E-state index contributed by atoms with van der Waals surface area (Å²) in [5.74, 6) is -0.108. The van der Waals surface area contributed by atoms with Gasteiger partial charge >= 0.3 is 0 Å². The first-order chi connectivity index (χ1) is 13.9. The molecule has 0 aliphatic carbocycles. The molecule has 2 aromatic rings. The third-order valence-electron chi connectivity index (χ3n) is 4.93. The molecule has 0 saturated carbocycles. The molecule has 1 unspecified atom stereocenters. The van der Waals surface area contributed by atoms with Crippen LogP contribution in [-0.4, -0.2) is 69.4 Å². The predicted molar refractivity (Wildman–Crippen MR) is 108 cm³/mol. The first-order valence-electron chi connectivity index (χ1n) is 9.83. The van der Waals surface area contributed by atoms with E-state index < -0.39 is 0 Å². The van der Waals surface area contributed by atoms with Gasteiger partial charge in [0.25, 0.3) is 11.8 Å². The summed E-state index contributed by atoms with van der Waals surface area (Å²) in [6, 6.07) is 3.33. The summed E-state index contributed by atoms with van der Waals surface area (Å²) in [6.07, 6.45) is 4.26. The summed E-state index contributed by atoms with van der Waals surface area (Å²) in [4.78, 5) is 26.9. The van der Waals surface area contributed by atoms with Gasteiger partial charge in [-0.3, -0.25) is 14.7 Å². The van der Waals surface area contributed by atoms with Gasteiger partial charge in [0.15, 0.2) is 5.69 Å². The van der Waals surface area contributed by atoms with E-state index in [1.807, 2.05) is 32.4 Å². The highest BCUT2D eigenvalue weighted by atomic mass is 16.2. The monoisotopic (exact) mass is 401 g/mol. The Morgan fingerprint density at radius 3 is 2.90 bits per heavy atom. The minimum atomic E-state index is -0.262. The Kier molecular flexibility index (Phi) is 6.45. The van der Waals surface area contributed by atoms with E-state index in [9.17, 15) is 9.59 Å². The minimum absolute atomic E-state index is 0.117. The van der Waals surface area contributed by atoms with Gasteiger partial charge in [0, 0.05) is 37.6 Å². The van der Waals surface area contributed by atoms with E-state index in [-0.39, 0.29) is 23.8 Å². The number of aromatic nitrogens is 4. The Labute approximate surface area is 169 Å². The number of hydrogen-bond acceptors (Lipinski definition) is 5. The number of carbonyl (C=O) groups excluding carboxylic acids is 2. The van der Waals surface area contributed by atoms with Gasteiger partial charge < -0.3 is 21.3 Å². The molecule has 3 rings (SSSR count). The topological polar surface area (TPSA) is 139 Å². The van der Waals surface area contributed by atoms with Gasteiger partial charge in [-0.25, -0.2) is 4.68 Å². The van der Waals surface area contributed by atoms with E-state index in [4.69, 9.17) is 5.73 Å². The van der Waals surface area contributed by atoms with Crippen molar-refractivity contribution >= 4 is 17.5 Å². The highest BCUT2D eigenvalue weighted by Gasteiger charge is 2.30. The SMILES string of the molecule is C[NH2+]/C=C(\CN)n1ccc(C(=O)NC2CCN(C(=O)c3cc(C(C)C)[nH]n3)C2)n1. The largest absolute Gasteiger partial charge is 0.346 e. The van der Waals surface area contributed by atoms with Crippen LogP contribution in [0, 0.1) is 0 Å². The molecule has 10 heteroatoms. The number of hydrogen-bond donors (Lipinski definition) is 4. The van der Waals surface area contributed by atoms with Crippen molar-refractivity contribution in [2.75, 3.05) is 26.7 Å². The van der Waals surface area contributed by atoms with Gasteiger partial charge in [0.05, 0.1) is 7.05 Å². The Hall–Kier alpha value is -2.98. The third kappa shape index (κ3) is 4.72. The normalized spacial score (nSPS) is 17.2. The number of H-pyrrole nitrogens is 1. The third-order valence-corrected chi connectivity index (χ3v) is 4.93. The molecule has 29 heavy (non-hydrogen) atoms. The summed E-state index contributed by atoms with van der Waals surface area (Å²) in [5.41, 5.74) is 8.18. The second-order valence-electron chi connectivity index (χ2n) is 7.41. The minimum Gasteiger partial charge on any atom is -0.346 e. The Bertz CT molecular complexity index is 898. The van der Waals surface area contributed by atoms with Crippen LogP contribution < -0.4 is 16.4 Å². The van der Waals surface area contributed by atoms with Gasteiger partial charge in [-0.2, -0.15) is 10.2 Å². The zero-order valence-electron chi connectivity index (χ0n) is 17.1. The summed E-state index contributed by atoms with van der Waals surface area (Å²) >= 11 is 0. The molecule has 1 saturated heterocycles. The number of nitrogens with two attached hydrogens (primary N) is 2. The van der Waals surface area contributed by atoms with Crippen LogP contribution in [0.1, 0.15) is 52.9 Å². The molecule has 156 valence electrons. The van der Waals surface area contributed by atoms with Crippen molar-refractivity contribution in [3.8, 4) is 0 Å². The fraction of sp³-hybridized carbons (Fsp3) is 0.474. The van der Waals surface area contributed by atoms with Crippen LogP contribution in [0.4, 0.5) is 0 Å². The summed E-state index contributed by atoms with van der Waals surface area (Å²) in [6.45, 7) is 5.43. The smallest absolute Gasteiger partial charge is 0.274 e. The van der Waals surface area contributed by atoms with Crippen LogP contribution in [0.25, 0.3) is 5.70 Å². The number of nitrogens with one attached hydrogen (secondary N) is 2. The molecule has 6 N–H and O–H groups in total. The van der Waals surface area contributed by atoms with E-state index in [2.05, 4.69) is 20.6 Å². The molecule has 0 spiro atoms. The second kappa shape index (κ2) is 9.01. The Morgan fingerprint density at radius 1 is 1.45 bits per heavy atom. The van der Waals surface area contributed by atoms with Crippen LogP contribution in [-0.2, 0) is 0 Å². The summed E-state index contributed by atoms with van der Waals surface area (Å²) in [5, 5.41) is 16.2. The highest BCUT2D eigenvalue weighted by Crippen LogP contribution is 2.17. The zero-order chi connectivity index (χ0) is 21.0. The van der Waals surface area contributed by atoms with Crippen LogP contribution in [0.15, 0.2) is 24.5 Å². The molecule has 0 radical (unpaired) electrons. The van der Waals surface area contributed by atoms with Crippen molar-refractivity contribution in [2.45, 2.75) is 32.2 Å². The molecule has 2 aromatic heterocycles. The van der Waals surface area contributed by atoms with Gasteiger partial charge in [0.1, 0.15) is 17.6 Å². The van der Waals surface area contributed by atoms with Crippen molar-refractivity contribution < 1.29 is 14.9 Å².